The van der Waals surface area contributed by atoms with Crippen molar-refractivity contribution in [1.82, 2.24) is 4.98 Å². The van der Waals surface area contributed by atoms with Gasteiger partial charge in [-0.3, -0.25) is 4.79 Å². The lowest BCUT2D eigenvalue weighted by molar-refractivity contribution is 0.102. The van der Waals surface area contributed by atoms with Gasteiger partial charge in [-0.1, -0.05) is 0 Å². The van der Waals surface area contributed by atoms with Crippen LogP contribution in [-0.4, -0.2) is 18.0 Å². The van der Waals surface area contributed by atoms with Gasteiger partial charge >= 0.3 is 0 Å². The number of aryl methyl sites for hydroxylation is 1. The molecular formula is C12H12N2O3. The molecule has 0 bridgehead atoms. The van der Waals surface area contributed by atoms with Crippen LogP contribution in [0.25, 0.3) is 0 Å². The number of methoxy groups -OCH3 is 1. The van der Waals surface area contributed by atoms with Crippen LogP contribution in [0.3, 0.4) is 0 Å². The standard InChI is InChI=1S/C12H12N2O3/c1-8-13-11(7-17-8)12(15)14-9-3-5-10(16-2)6-4-9/h3-7H,1-2H3,(H,14,15). The molecule has 5 nitrogen and oxygen atoms in total. The minimum atomic E-state index is -0.299. The Labute approximate surface area is 98.4 Å². The monoisotopic (exact) mass is 232 g/mol. The molecule has 1 N–H and O–H groups in total. The Balaban J connectivity index is 2.07. The highest BCUT2D eigenvalue weighted by atomic mass is 16.5. The number of carbonyl (C=O) groups is 1. The van der Waals surface area contributed by atoms with E-state index in [9.17, 15) is 4.79 Å². The van der Waals surface area contributed by atoms with Crippen molar-refractivity contribution in [1.29, 1.82) is 0 Å². The number of aromatic nitrogens is 1. The molecule has 1 heterocycles. The summed E-state index contributed by atoms with van der Waals surface area (Å²) < 4.78 is 9.99. The van der Waals surface area contributed by atoms with Gasteiger partial charge in [0, 0.05) is 12.6 Å². The summed E-state index contributed by atoms with van der Waals surface area (Å²) >= 11 is 0. The van der Waals surface area contributed by atoms with E-state index in [1.807, 2.05) is 0 Å². The molecule has 1 aromatic heterocycles. The van der Waals surface area contributed by atoms with E-state index in [0.29, 0.717) is 11.6 Å². The summed E-state index contributed by atoms with van der Waals surface area (Å²) in [5.74, 6) is 0.900. The first-order valence-electron chi connectivity index (χ1n) is 5.06. The number of hydrogen-bond acceptors (Lipinski definition) is 4. The molecule has 0 atom stereocenters. The van der Waals surface area contributed by atoms with Gasteiger partial charge in [0.2, 0.25) is 0 Å². The van der Waals surface area contributed by atoms with E-state index in [0.717, 1.165) is 5.75 Å². The third kappa shape index (κ3) is 2.63. The summed E-state index contributed by atoms with van der Waals surface area (Å²) in [6, 6.07) is 7.04. The Kier molecular flexibility index (Phi) is 3.09. The highest BCUT2D eigenvalue weighted by molar-refractivity contribution is 6.02. The van der Waals surface area contributed by atoms with E-state index in [2.05, 4.69) is 10.3 Å². The molecule has 0 aliphatic rings. The van der Waals surface area contributed by atoms with Crippen LogP contribution in [0, 0.1) is 6.92 Å². The second kappa shape index (κ2) is 4.69. The number of amides is 1. The molecule has 2 aromatic rings. The summed E-state index contributed by atoms with van der Waals surface area (Å²) in [5.41, 5.74) is 0.940. The Morgan fingerprint density at radius 2 is 2.06 bits per heavy atom. The van der Waals surface area contributed by atoms with Crippen molar-refractivity contribution >= 4 is 11.6 Å². The number of benzene rings is 1. The molecule has 0 saturated carbocycles. The van der Waals surface area contributed by atoms with Crippen molar-refractivity contribution < 1.29 is 13.9 Å². The fourth-order valence-corrected chi connectivity index (χ4v) is 1.34. The van der Waals surface area contributed by atoms with Gasteiger partial charge in [-0.25, -0.2) is 4.98 Å². The smallest absolute Gasteiger partial charge is 0.277 e. The van der Waals surface area contributed by atoms with Gasteiger partial charge in [-0.15, -0.1) is 0 Å². The van der Waals surface area contributed by atoms with E-state index < -0.39 is 0 Å². The van der Waals surface area contributed by atoms with Gasteiger partial charge in [0.15, 0.2) is 11.6 Å². The van der Waals surface area contributed by atoms with Crippen molar-refractivity contribution in [2.45, 2.75) is 6.92 Å². The molecule has 0 aliphatic carbocycles. The molecule has 5 heteroatoms. The van der Waals surface area contributed by atoms with Crippen molar-refractivity contribution in [2.24, 2.45) is 0 Å². The number of anilines is 1. The molecule has 0 unspecified atom stereocenters. The lowest BCUT2D eigenvalue weighted by atomic mass is 10.3. The molecule has 1 aromatic carbocycles. The predicted molar refractivity (Wildman–Crippen MR) is 62.2 cm³/mol. The summed E-state index contributed by atoms with van der Waals surface area (Å²) in [6.45, 7) is 1.68. The summed E-state index contributed by atoms with van der Waals surface area (Å²) in [5, 5.41) is 2.71. The summed E-state index contributed by atoms with van der Waals surface area (Å²) in [4.78, 5) is 15.7. The van der Waals surface area contributed by atoms with Crippen LogP contribution in [0.5, 0.6) is 5.75 Å². The number of oxazole rings is 1. The van der Waals surface area contributed by atoms with Crippen LogP contribution in [-0.2, 0) is 0 Å². The second-order valence-corrected chi connectivity index (χ2v) is 3.43. The Hall–Kier alpha value is -2.30. The zero-order chi connectivity index (χ0) is 12.3. The van der Waals surface area contributed by atoms with Crippen LogP contribution < -0.4 is 10.1 Å². The number of carbonyl (C=O) groups excluding carboxylic acids is 1. The number of hydrogen-bond donors (Lipinski definition) is 1. The first-order chi connectivity index (χ1) is 8.19. The molecule has 0 aliphatic heterocycles. The Morgan fingerprint density at radius 3 is 2.59 bits per heavy atom. The van der Waals surface area contributed by atoms with E-state index in [1.165, 1.54) is 6.26 Å². The summed E-state index contributed by atoms with van der Waals surface area (Å²) in [7, 11) is 1.59. The van der Waals surface area contributed by atoms with Crippen molar-refractivity contribution in [3.05, 3.63) is 42.1 Å². The maximum atomic E-state index is 11.7. The molecule has 0 radical (unpaired) electrons. The highest BCUT2D eigenvalue weighted by Gasteiger charge is 2.10. The Morgan fingerprint density at radius 1 is 1.35 bits per heavy atom. The highest BCUT2D eigenvalue weighted by Crippen LogP contribution is 2.15. The maximum absolute atomic E-state index is 11.7. The average Bonchev–Trinajstić information content (AvgIpc) is 2.77. The molecule has 88 valence electrons. The number of ether oxygens (including phenoxy) is 1. The molecule has 2 rings (SSSR count). The van der Waals surface area contributed by atoms with E-state index in [4.69, 9.17) is 9.15 Å². The summed E-state index contributed by atoms with van der Waals surface area (Å²) in [6.07, 6.45) is 1.33. The van der Waals surface area contributed by atoms with E-state index >= 15 is 0 Å². The molecular weight excluding hydrogens is 220 g/mol. The third-order valence-corrected chi connectivity index (χ3v) is 2.20. The number of nitrogens with one attached hydrogen (secondary N) is 1. The molecule has 0 saturated heterocycles. The SMILES string of the molecule is COc1ccc(NC(=O)c2coc(C)n2)cc1. The van der Waals surface area contributed by atoms with Crippen LogP contribution in [0.4, 0.5) is 5.69 Å². The minimum Gasteiger partial charge on any atom is -0.497 e. The topological polar surface area (TPSA) is 64.4 Å². The van der Waals surface area contributed by atoms with Gasteiger partial charge in [0.1, 0.15) is 12.0 Å². The first-order valence-corrected chi connectivity index (χ1v) is 5.06. The van der Waals surface area contributed by atoms with Crippen LogP contribution in [0.1, 0.15) is 16.4 Å². The normalized spacial score (nSPS) is 10.0. The Bertz CT molecular complexity index is 517. The van der Waals surface area contributed by atoms with Crippen molar-refractivity contribution in [3.8, 4) is 5.75 Å². The third-order valence-electron chi connectivity index (χ3n) is 2.20. The van der Waals surface area contributed by atoms with Crippen LogP contribution in [0.15, 0.2) is 34.9 Å². The van der Waals surface area contributed by atoms with Gasteiger partial charge in [-0.05, 0) is 24.3 Å². The molecule has 17 heavy (non-hydrogen) atoms. The van der Waals surface area contributed by atoms with Crippen LogP contribution >= 0.6 is 0 Å². The first kappa shape index (κ1) is 11.2. The van der Waals surface area contributed by atoms with Gasteiger partial charge in [0.25, 0.3) is 5.91 Å². The fourth-order valence-electron chi connectivity index (χ4n) is 1.34. The number of rotatable bonds is 3. The van der Waals surface area contributed by atoms with Gasteiger partial charge < -0.3 is 14.5 Å². The van der Waals surface area contributed by atoms with Gasteiger partial charge in [-0.2, -0.15) is 0 Å². The van der Waals surface area contributed by atoms with E-state index in [-0.39, 0.29) is 11.6 Å². The lowest BCUT2D eigenvalue weighted by Crippen LogP contribution is -2.12. The van der Waals surface area contributed by atoms with E-state index in [1.54, 1.807) is 38.3 Å². The second-order valence-electron chi connectivity index (χ2n) is 3.43. The van der Waals surface area contributed by atoms with Crippen molar-refractivity contribution in [3.63, 3.8) is 0 Å². The molecule has 0 spiro atoms. The predicted octanol–water partition coefficient (Wildman–Crippen LogP) is 2.24. The van der Waals surface area contributed by atoms with Crippen LogP contribution in [0.2, 0.25) is 0 Å². The maximum Gasteiger partial charge on any atom is 0.277 e. The fraction of sp³-hybridized carbons (Fsp3) is 0.167. The quantitative estimate of drug-likeness (QED) is 0.881. The number of nitrogens with zero attached hydrogens (tertiary/aromatic N) is 1. The largest absolute Gasteiger partial charge is 0.497 e. The average molecular weight is 232 g/mol. The van der Waals surface area contributed by atoms with Crippen molar-refractivity contribution in [2.75, 3.05) is 12.4 Å². The van der Waals surface area contributed by atoms with Gasteiger partial charge in [0.05, 0.1) is 7.11 Å². The molecule has 1 amide bonds. The zero-order valence-electron chi connectivity index (χ0n) is 9.56. The molecule has 0 fully saturated rings. The minimum absolute atomic E-state index is 0.262. The zero-order valence-corrected chi connectivity index (χ0v) is 9.56. The lowest BCUT2D eigenvalue weighted by Gasteiger charge is -2.04.